The molecular formula is C28H26F2N6O2. The number of alkyl halides is 2. The number of fused-ring (bicyclic) bond motifs is 2. The Morgan fingerprint density at radius 1 is 1.08 bits per heavy atom. The zero-order valence-corrected chi connectivity index (χ0v) is 21.0. The number of aryl methyl sites for hydroxylation is 2. The van der Waals surface area contributed by atoms with Crippen molar-refractivity contribution in [2.24, 2.45) is 7.05 Å². The van der Waals surface area contributed by atoms with Gasteiger partial charge < -0.3 is 4.90 Å². The summed E-state index contributed by atoms with van der Waals surface area (Å²) in [4.78, 5) is 32.4. The number of para-hydroxylation sites is 1. The van der Waals surface area contributed by atoms with Crippen LogP contribution in [0.5, 0.6) is 0 Å². The molecule has 0 unspecified atom stereocenters. The predicted molar refractivity (Wildman–Crippen MR) is 141 cm³/mol. The van der Waals surface area contributed by atoms with Crippen molar-refractivity contribution in [2.45, 2.75) is 38.8 Å². The molecule has 0 N–H and O–H groups in total. The molecule has 38 heavy (non-hydrogen) atoms. The van der Waals surface area contributed by atoms with Crippen LogP contribution in [-0.4, -0.2) is 53.7 Å². The molecule has 1 aliphatic heterocycles. The Morgan fingerprint density at radius 2 is 1.87 bits per heavy atom. The van der Waals surface area contributed by atoms with Gasteiger partial charge in [0.15, 0.2) is 0 Å². The van der Waals surface area contributed by atoms with E-state index in [1.54, 1.807) is 33.9 Å². The Labute approximate surface area is 216 Å². The number of imidazole rings is 1. The molecule has 194 valence electrons. The van der Waals surface area contributed by atoms with Gasteiger partial charge in [-0.15, -0.1) is 0 Å². The zero-order chi connectivity index (χ0) is 26.6. The normalized spacial score (nSPS) is 15.8. The third-order valence-corrected chi connectivity index (χ3v) is 7.47. The molecule has 0 aliphatic carbocycles. The van der Waals surface area contributed by atoms with Crippen molar-refractivity contribution in [1.82, 2.24) is 28.8 Å². The molecule has 0 radical (unpaired) electrons. The van der Waals surface area contributed by atoms with Crippen LogP contribution in [0.3, 0.4) is 0 Å². The lowest BCUT2D eigenvalue weighted by Crippen LogP contribution is -2.42. The smallest absolute Gasteiger partial charge is 0.332 e. The number of halogens is 2. The summed E-state index contributed by atoms with van der Waals surface area (Å²) in [5.74, 6) is -0.470. The van der Waals surface area contributed by atoms with Crippen molar-refractivity contribution in [3.05, 3.63) is 77.1 Å². The number of hydrogen-bond donors (Lipinski definition) is 0. The standard InChI is InChI=1S/C28H26F2N6O2/c1-17-5-3-6-22-26(17)36(28(38)35(22)16-25(37)34-12-4-7-23(34)27(29)30)19-10-8-18(9-11-19)20-13-31-15-24-21(20)14-32-33(24)2/h3,5-6,8-11,13-15,23,27H,4,7,12,16H2,1-2H3/t23-/m0/s1. The van der Waals surface area contributed by atoms with Crippen LogP contribution in [0.2, 0.25) is 0 Å². The minimum absolute atomic E-state index is 0.272. The van der Waals surface area contributed by atoms with Gasteiger partial charge in [0, 0.05) is 30.7 Å². The second kappa shape index (κ2) is 9.20. The van der Waals surface area contributed by atoms with Crippen LogP contribution in [0.1, 0.15) is 18.4 Å². The molecule has 10 heteroatoms. The summed E-state index contributed by atoms with van der Waals surface area (Å²) in [7, 11) is 1.86. The highest BCUT2D eigenvalue weighted by Gasteiger charge is 2.35. The number of amides is 1. The summed E-state index contributed by atoms with van der Waals surface area (Å²) in [6.45, 7) is 1.89. The molecular weight excluding hydrogens is 490 g/mol. The molecule has 1 aliphatic rings. The van der Waals surface area contributed by atoms with Crippen LogP contribution >= 0.6 is 0 Å². The van der Waals surface area contributed by atoms with Crippen molar-refractivity contribution in [2.75, 3.05) is 6.54 Å². The van der Waals surface area contributed by atoms with Gasteiger partial charge in [0.2, 0.25) is 5.91 Å². The molecule has 1 saturated heterocycles. The van der Waals surface area contributed by atoms with Crippen LogP contribution in [0, 0.1) is 6.92 Å². The molecule has 1 atom stereocenters. The van der Waals surface area contributed by atoms with E-state index in [1.165, 1.54) is 9.47 Å². The fraction of sp³-hybridized carbons (Fsp3) is 0.286. The maximum Gasteiger partial charge on any atom is 0.334 e. The predicted octanol–water partition coefficient (Wildman–Crippen LogP) is 4.31. The molecule has 8 nitrogen and oxygen atoms in total. The van der Waals surface area contributed by atoms with Gasteiger partial charge in [-0.1, -0.05) is 24.3 Å². The first-order valence-electron chi connectivity index (χ1n) is 12.5. The van der Waals surface area contributed by atoms with E-state index in [0.717, 1.165) is 27.6 Å². The highest BCUT2D eigenvalue weighted by atomic mass is 19.3. The number of pyridine rings is 1. The van der Waals surface area contributed by atoms with E-state index in [1.807, 2.05) is 50.4 Å². The first-order chi connectivity index (χ1) is 18.3. The Balaban J connectivity index is 1.41. The fourth-order valence-electron chi connectivity index (χ4n) is 5.53. The van der Waals surface area contributed by atoms with Gasteiger partial charge in [0.1, 0.15) is 6.54 Å². The Bertz CT molecular complexity index is 1730. The maximum atomic E-state index is 13.7. The molecule has 1 fully saturated rings. The van der Waals surface area contributed by atoms with Crippen molar-refractivity contribution in [1.29, 1.82) is 0 Å². The second-order valence-electron chi connectivity index (χ2n) is 9.71. The lowest BCUT2D eigenvalue weighted by Gasteiger charge is -2.24. The molecule has 6 rings (SSSR count). The third kappa shape index (κ3) is 3.79. The van der Waals surface area contributed by atoms with Crippen LogP contribution in [-0.2, 0) is 18.4 Å². The van der Waals surface area contributed by atoms with Gasteiger partial charge in [-0.25, -0.2) is 13.6 Å². The summed E-state index contributed by atoms with van der Waals surface area (Å²) >= 11 is 0. The lowest BCUT2D eigenvalue weighted by atomic mass is 10.0. The summed E-state index contributed by atoms with van der Waals surface area (Å²) in [6, 6.07) is 12.0. The summed E-state index contributed by atoms with van der Waals surface area (Å²) < 4.78 is 31.7. The van der Waals surface area contributed by atoms with Crippen molar-refractivity contribution < 1.29 is 13.6 Å². The molecule has 0 saturated carbocycles. The van der Waals surface area contributed by atoms with Crippen LogP contribution in [0.4, 0.5) is 8.78 Å². The Morgan fingerprint density at radius 3 is 2.63 bits per heavy atom. The van der Waals surface area contributed by atoms with Crippen molar-refractivity contribution in [3.63, 3.8) is 0 Å². The number of likely N-dealkylation sites (tertiary alicyclic amines) is 1. The van der Waals surface area contributed by atoms with Crippen molar-refractivity contribution >= 4 is 27.8 Å². The van der Waals surface area contributed by atoms with E-state index >= 15 is 0 Å². The first-order valence-corrected chi connectivity index (χ1v) is 12.5. The van der Waals surface area contributed by atoms with Gasteiger partial charge in [0.25, 0.3) is 6.43 Å². The van der Waals surface area contributed by atoms with Crippen LogP contribution in [0.25, 0.3) is 38.8 Å². The fourth-order valence-corrected chi connectivity index (χ4v) is 5.53. The average molecular weight is 517 g/mol. The van der Waals surface area contributed by atoms with Crippen LogP contribution < -0.4 is 5.69 Å². The minimum Gasteiger partial charge on any atom is -0.332 e. The number of benzene rings is 2. The molecule has 2 aromatic carbocycles. The topological polar surface area (TPSA) is 78.0 Å². The van der Waals surface area contributed by atoms with Gasteiger partial charge in [-0.05, 0) is 49.1 Å². The quantitative estimate of drug-likeness (QED) is 0.349. The molecule has 4 heterocycles. The lowest BCUT2D eigenvalue weighted by molar-refractivity contribution is -0.135. The number of hydrogen-bond acceptors (Lipinski definition) is 4. The largest absolute Gasteiger partial charge is 0.334 e. The molecule has 5 aromatic rings. The molecule has 0 bridgehead atoms. The van der Waals surface area contributed by atoms with Gasteiger partial charge in [-0.2, -0.15) is 5.10 Å². The average Bonchev–Trinajstić information content (AvgIpc) is 3.62. The summed E-state index contributed by atoms with van der Waals surface area (Å²) in [6.07, 6.45) is 3.56. The van der Waals surface area contributed by atoms with Gasteiger partial charge >= 0.3 is 5.69 Å². The third-order valence-electron chi connectivity index (χ3n) is 7.47. The zero-order valence-electron chi connectivity index (χ0n) is 21.0. The second-order valence-corrected chi connectivity index (χ2v) is 9.71. The monoisotopic (exact) mass is 516 g/mol. The highest BCUT2D eigenvalue weighted by Crippen LogP contribution is 2.29. The van der Waals surface area contributed by atoms with Gasteiger partial charge in [0.05, 0.1) is 40.7 Å². The van der Waals surface area contributed by atoms with E-state index in [2.05, 4.69) is 10.1 Å². The summed E-state index contributed by atoms with van der Waals surface area (Å²) in [5.41, 5.74) is 5.16. The molecule has 1 amide bonds. The number of aromatic nitrogens is 5. The number of rotatable bonds is 5. The molecule has 0 spiro atoms. The maximum absolute atomic E-state index is 13.7. The SMILES string of the molecule is Cc1cccc2c1n(-c1ccc(-c3cncc4c3cnn4C)cc1)c(=O)n2CC(=O)N1CCC[C@H]1C(F)F. The van der Waals surface area contributed by atoms with E-state index in [4.69, 9.17) is 0 Å². The molecule has 3 aromatic heterocycles. The number of nitrogens with zero attached hydrogens (tertiary/aromatic N) is 6. The first kappa shape index (κ1) is 24.0. The van der Waals surface area contributed by atoms with E-state index < -0.39 is 18.4 Å². The number of carbonyl (C=O) groups is 1. The van der Waals surface area contributed by atoms with E-state index in [0.29, 0.717) is 23.1 Å². The Hall–Kier alpha value is -4.34. The van der Waals surface area contributed by atoms with E-state index in [9.17, 15) is 18.4 Å². The Kier molecular flexibility index (Phi) is 5.81. The minimum atomic E-state index is -2.60. The highest BCUT2D eigenvalue weighted by molar-refractivity contribution is 5.94. The van der Waals surface area contributed by atoms with Gasteiger partial charge in [-0.3, -0.25) is 23.6 Å². The van der Waals surface area contributed by atoms with E-state index in [-0.39, 0.29) is 25.2 Å². The summed E-state index contributed by atoms with van der Waals surface area (Å²) in [5, 5.41) is 5.30. The number of carbonyl (C=O) groups excluding carboxylic acids is 1. The van der Waals surface area contributed by atoms with Crippen LogP contribution in [0.15, 0.2) is 65.8 Å². The van der Waals surface area contributed by atoms with Crippen molar-refractivity contribution in [3.8, 4) is 16.8 Å².